The van der Waals surface area contributed by atoms with Gasteiger partial charge in [0.15, 0.2) is 4.80 Å². The molecule has 1 aliphatic rings. The number of piperidine rings is 1. The monoisotopic (exact) mass is 483 g/mol. The van der Waals surface area contributed by atoms with Crippen LogP contribution in [0.15, 0.2) is 33.5 Å². The predicted octanol–water partition coefficient (Wildman–Crippen LogP) is 4.24. The standard InChI is InChI=1S/C20H22ClN3O3S3/c1-12-7-8-13(2)18-17(12)23(3)20(29-18)22-19(25)14-6-4-5-11-24(14)30(26,27)16-10-9-15(21)28-16/h7-10,14H,4-6,11H2,1-3H3. The third kappa shape index (κ3) is 3.78. The van der Waals surface area contributed by atoms with Gasteiger partial charge < -0.3 is 4.57 Å². The van der Waals surface area contributed by atoms with Gasteiger partial charge in [-0.15, -0.1) is 11.3 Å². The van der Waals surface area contributed by atoms with Crippen molar-refractivity contribution in [2.24, 2.45) is 12.0 Å². The molecule has 30 heavy (non-hydrogen) atoms. The number of sulfonamides is 1. The number of amides is 1. The van der Waals surface area contributed by atoms with Crippen molar-refractivity contribution in [1.82, 2.24) is 8.87 Å². The molecule has 1 aromatic carbocycles. The lowest BCUT2D eigenvalue weighted by molar-refractivity contribution is -0.122. The molecule has 0 bridgehead atoms. The second kappa shape index (κ2) is 8.20. The van der Waals surface area contributed by atoms with E-state index >= 15 is 0 Å². The highest BCUT2D eigenvalue weighted by molar-refractivity contribution is 7.91. The van der Waals surface area contributed by atoms with Crippen LogP contribution in [0, 0.1) is 13.8 Å². The molecule has 6 nitrogen and oxygen atoms in total. The van der Waals surface area contributed by atoms with E-state index in [0.29, 0.717) is 22.1 Å². The second-order valence-electron chi connectivity index (χ2n) is 7.46. The molecule has 0 N–H and O–H groups in total. The first-order valence-electron chi connectivity index (χ1n) is 9.61. The highest BCUT2D eigenvalue weighted by Gasteiger charge is 2.38. The topological polar surface area (TPSA) is 71.7 Å². The van der Waals surface area contributed by atoms with Crippen LogP contribution in [0.4, 0.5) is 0 Å². The Labute approximate surface area is 188 Å². The van der Waals surface area contributed by atoms with Crippen LogP contribution in [0.5, 0.6) is 0 Å². The largest absolute Gasteiger partial charge is 0.319 e. The average molecular weight is 484 g/mol. The van der Waals surface area contributed by atoms with E-state index in [4.69, 9.17) is 11.6 Å². The minimum absolute atomic E-state index is 0.158. The molecule has 0 aliphatic carbocycles. The third-order valence-electron chi connectivity index (χ3n) is 5.40. The number of aromatic nitrogens is 1. The van der Waals surface area contributed by atoms with E-state index in [0.717, 1.165) is 45.5 Å². The molecule has 3 aromatic rings. The van der Waals surface area contributed by atoms with Crippen LogP contribution < -0.4 is 4.80 Å². The lowest BCUT2D eigenvalue weighted by atomic mass is 10.0. The lowest BCUT2D eigenvalue weighted by Crippen LogP contribution is -2.47. The fourth-order valence-corrected chi connectivity index (χ4v) is 8.26. The molecule has 0 saturated carbocycles. The Hall–Kier alpha value is -1.52. The highest BCUT2D eigenvalue weighted by Crippen LogP contribution is 2.32. The second-order valence-corrected chi connectivity index (χ2v) is 12.3. The Bertz CT molecular complexity index is 1300. The van der Waals surface area contributed by atoms with Crippen molar-refractivity contribution in [2.45, 2.75) is 43.4 Å². The maximum Gasteiger partial charge on any atom is 0.266 e. The van der Waals surface area contributed by atoms with E-state index < -0.39 is 22.0 Å². The molecule has 1 amide bonds. The molecule has 1 fully saturated rings. The molecule has 0 spiro atoms. The number of aryl methyl sites for hydroxylation is 3. The van der Waals surface area contributed by atoms with Gasteiger partial charge in [-0.05, 0) is 49.9 Å². The number of benzene rings is 1. The summed E-state index contributed by atoms with van der Waals surface area (Å²) in [5.74, 6) is -0.418. The van der Waals surface area contributed by atoms with E-state index in [1.807, 2.05) is 25.5 Å². The minimum Gasteiger partial charge on any atom is -0.319 e. The zero-order valence-electron chi connectivity index (χ0n) is 16.9. The first kappa shape index (κ1) is 21.7. The molecule has 0 radical (unpaired) electrons. The number of carbonyl (C=O) groups is 1. The number of thiazole rings is 1. The molecule has 4 rings (SSSR count). The Balaban J connectivity index is 1.75. The van der Waals surface area contributed by atoms with Crippen LogP contribution >= 0.6 is 34.3 Å². The van der Waals surface area contributed by atoms with Crippen LogP contribution in [-0.2, 0) is 21.9 Å². The van der Waals surface area contributed by atoms with Gasteiger partial charge in [0, 0.05) is 13.6 Å². The zero-order valence-corrected chi connectivity index (χ0v) is 20.1. The quantitative estimate of drug-likeness (QED) is 0.559. The van der Waals surface area contributed by atoms with Crippen LogP contribution in [0.3, 0.4) is 0 Å². The summed E-state index contributed by atoms with van der Waals surface area (Å²) < 4.78 is 31.2. The van der Waals surface area contributed by atoms with Gasteiger partial charge in [-0.3, -0.25) is 4.79 Å². The van der Waals surface area contributed by atoms with Crippen LogP contribution in [0.25, 0.3) is 10.2 Å². The predicted molar refractivity (Wildman–Crippen MR) is 122 cm³/mol. The summed E-state index contributed by atoms with van der Waals surface area (Å²) in [7, 11) is -1.90. The van der Waals surface area contributed by atoms with Crippen molar-refractivity contribution in [3.63, 3.8) is 0 Å². The van der Waals surface area contributed by atoms with Gasteiger partial charge in [-0.1, -0.05) is 41.5 Å². The summed E-state index contributed by atoms with van der Waals surface area (Å²) in [6.07, 6.45) is 1.98. The number of hydrogen-bond acceptors (Lipinski definition) is 5. The van der Waals surface area contributed by atoms with Crippen molar-refractivity contribution in [2.75, 3.05) is 6.54 Å². The van der Waals surface area contributed by atoms with Crippen LogP contribution in [-0.4, -0.2) is 35.8 Å². The van der Waals surface area contributed by atoms with E-state index in [1.54, 1.807) is 6.07 Å². The molecule has 1 aliphatic heterocycles. The first-order chi connectivity index (χ1) is 14.2. The number of thiophene rings is 1. The summed E-state index contributed by atoms with van der Waals surface area (Å²) in [5, 5.41) is 0. The van der Waals surface area contributed by atoms with Gasteiger partial charge in [0.25, 0.3) is 15.9 Å². The summed E-state index contributed by atoms with van der Waals surface area (Å²) >= 11 is 8.41. The molecule has 1 saturated heterocycles. The molecule has 3 heterocycles. The average Bonchev–Trinajstić information content (AvgIpc) is 3.30. The summed E-state index contributed by atoms with van der Waals surface area (Å²) in [4.78, 5) is 18.1. The Morgan fingerprint density at radius 1 is 1.13 bits per heavy atom. The van der Waals surface area contributed by atoms with Crippen molar-refractivity contribution < 1.29 is 13.2 Å². The van der Waals surface area contributed by atoms with Crippen molar-refractivity contribution in [3.05, 3.63) is 44.5 Å². The third-order valence-corrected chi connectivity index (χ3v) is 10.3. The van der Waals surface area contributed by atoms with Crippen LogP contribution in [0.2, 0.25) is 4.34 Å². The first-order valence-corrected chi connectivity index (χ1v) is 13.1. The lowest BCUT2D eigenvalue weighted by Gasteiger charge is -2.31. The van der Waals surface area contributed by atoms with Crippen molar-refractivity contribution >= 4 is 60.4 Å². The Morgan fingerprint density at radius 3 is 2.53 bits per heavy atom. The van der Waals surface area contributed by atoms with Gasteiger partial charge in [-0.25, -0.2) is 8.42 Å². The van der Waals surface area contributed by atoms with Gasteiger partial charge in [0.2, 0.25) is 0 Å². The molecule has 2 aromatic heterocycles. The number of nitrogens with zero attached hydrogens (tertiary/aromatic N) is 3. The molecular weight excluding hydrogens is 462 g/mol. The number of fused-ring (bicyclic) bond motifs is 1. The number of carbonyl (C=O) groups excluding carboxylic acids is 1. The van der Waals surface area contributed by atoms with Gasteiger partial charge in [-0.2, -0.15) is 9.30 Å². The number of hydrogen-bond donors (Lipinski definition) is 0. The normalized spacial score (nSPS) is 18.9. The summed E-state index contributed by atoms with van der Waals surface area (Å²) in [6.45, 7) is 4.37. The number of rotatable bonds is 3. The maximum absolute atomic E-state index is 13.2. The fourth-order valence-electron chi connectivity index (χ4n) is 3.83. The highest BCUT2D eigenvalue weighted by atomic mass is 35.5. The van der Waals surface area contributed by atoms with E-state index in [2.05, 4.69) is 17.1 Å². The van der Waals surface area contributed by atoms with Crippen LogP contribution in [0.1, 0.15) is 30.4 Å². The number of halogens is 1. The van der Waals surface area contributed by atoms with Crippen molar-refractivity contribution in [1.29, 1.82) is 0 Å². The molecule has 160 valence electrons. The summed E-state index contributed by atoms with van der Waals surface area (Å²) in [5.41, 5.74) is 3.29. The van der Waals surface area contributed by atoms with Gasteiger partial charge >= 0.3 is 0 Å². The molecule has 10 heteroatoms. The minimum atomic E-state index is -3.79. The Kier molecular flexibility index (Phi) is 5.93. The van der Waals surface area contributed by atoms with E-state index in [1.165, 1.54) is 21.7 Å². The van der Waals surface area contributed by atoms with Crippen molar-refractivity contribution in [3.8, 4) is 0 Å². The fraction of sp³-hybridized carbons (Fsp3) is 0.400. The maximum atomic E-state index is 13.2. The summed E-state index contributed by atoms with van der Waals surface area (Å²) in [6, 6.07) is 6.37. The van der Waals surface area contributed by atoms with Gasteiger partial charge in [0.1, 0.15) is 10.3 Å². The van der Waals surface area contributed by atoms with Gasteiger partial charge in [0.05, 0.1) is 14.6 Å². The van der Waals surface area contributed by atoms with E-state index in [-0.39, 0.29) is 4.21 Å². The Morgan fingerprint density at radius 2 is 1.87 bits per heavy atom. The van der Waals surface area contributed by atoms with E-state index in [9.17, 15) is 13.2 Å². The molecule has 1 unspecified atom stereocenters. The zero-order chi connectivity index (χ0) is 21.6. The smallest absolute Gasteiger partial charge is 0.266 e. The molecular formula is C20H22ClN3O3S3. The molecule has 1 atom stereocenters. The SMILES string of the molecule is Cc1ccc(C)c2c1sc(=NC(=O)C1CCCCN1S(=O)(=O)c1ccc(Cl)s1)n2C.